The molecular formula is C6H10N3+. The van der Waals surface area contributed by atoms with Crippen molar-refractivity contribution in [3.8, 4) is 0 Å². The normalized spacial score (nSPS) is 9.56. The molecule has 48 valence electrons. The van der Waals surface area contributed by atoms with Crippen molar-refractivity contribution in [2.75, 3.05) is 0 Å². The van der Waals surface area contributed by atoms with Crippen LogP contribution in [0.4, 0.5) is 0 Å². The first-order valence-corrected chi connectivity index (χ1v) is 3.01. The highest BCUT2D eigenvalue weighted by molar-refractivity contribution is 4.82. The minimum Gasteiger partial charge on any atom is -0.137 e. The van der Waals surface area contributed by atoms with E-state index in [1.165, 1.54) is 0 Å². The lowest BCUT2D eigenvalue weighted by atomic mass is 10.5. The van der Waals surface area contributed by atoms with Gasteiger partial charge in [0.05, 0.1) is 0 Å². The van der Waals surface area contributed by atoms with Gasteiger partial charge < -0.3 is 0 Å². The standard InChI is InChI=1S/C6H10N3/c1-3-9-5-7-6(2)4-8-9/h4-5H,3H2,1-2H3/q+1. The van der Waals surface area contributed by atoms with Gasteiger partial charge in [0, 0.05) is 6.92 Å². The lowest BCUT2D eigenvalue weighted by molar-refractivity contribution is -0.753. The minimum atomic E-state index is 0.882. The first-order valence-electron chi connectivity index (χ1n) is 3.01. The molecule has 0 unspecified atom stereocenters. The fourth-order valence-corrected chi connectivity index (χ4v) is 0.542. The molecule has 0 aliphatic heterocycles. The summed E-state index contributed by atoms with van der Waals surface area (Å²) in [5.41, 5.74) is 0.958. The maximum atomic E-state index is 4.05. The summed E-state index contributed by atoms with van der Waals surface area (Å²) >= 11 is 0. The van der Waals surface area contributed by atoms with Crippen LogP contribution in [0.2, 0.25) is 0 Å². The van der Waals surface area contributed by atoms with Gasteiger partial charge in [0.1, 0.15) is 12.7 Å². The van der Waals surface area contributed by atoms with Crippen molar-refractivity contribution in [3.63, 3.8) is 0 Å². The predicted octanol–water partition coefficient (Wildman–Crippen LogP) is 0.0924. The molecule has 0 spiro atoms. The monoisotopic (exact) mass is 124 g/mol. The molecule has 9 heavy (non-hydrogen) atoms. The first-order chi connectivity index (χ1) is 4.33. The topological polar surface area (TPSA) is 29.7 Å². The van der Waals surface area contributed by atoms with Crippen LogP contribution in [0.1, 0.15) is 12.6 Å². The second kappa shape index (κ2) is 2.53. The van der Waals surface area contributed by atoms with Gasteiger partial charge in [-0.1, -0.05) is 10.1 Å². The molecule has 0 bridgehead atoms. The van der Waals surface area contributed by atoms with Gasteiger partial charge in [-0.3, -0.25) is 0 Å². The van der Waals surface area contributed by atoms with E-state index in [4.69, 9.17) is 0 Å². The Hall–Kier alpha value is -0.990. The Morgan fingerprint density at radius 1 is 1.67 bits per heavy atom. The Bertz CT molecular complexity index is 180. The van der Waals surface area contributed by atoms with Gasteiger partial charge in [-0.25, -0.2) is 0 Å². The number of rotatable bonds is 1. The van der Waals surface area contributed by atoms with E-state index in [1.807, 2.05) is 13.8 Å². The van der Waals surface area contributed by atoms with E-state index in [9.17, 15) is 0 Å². The van der Waals surface area contributed by atoms with Crippen molar-refractivity contribution in [2.24, 2.45) is 0 Å². The molecule has 0 aliphatic rings. The second-order valence-electron chi connectivity index (χ2n) is 1.89. The van der Waals surface area contributed by atoms with Gasteiger partial charge in [0.2, 0.25) is 0 Å². The van der Waals surface area contributed by atoms with Gasteiger partial charge in [-0.05, 0) is 6.92 Å². The van der Waals surface area contributed by atoms with Crippen molar-refractivity contribution in [2.45, 2.75) is 20.4 Å². The molecule has 3 heteroatoms. The van der Waals surface area contributed by atoms with Crippen molar-refractivity contribution in [3.05, 3.63) is 18.2 Å². The summed E-state index contributed by atoms with van der Waals surface area (Å²) in [6.45, 7) is 4.84. The molecule has 0 radical (unpaired) electrons. The van der Waals surface area contributed by atoms with E-state index in [1.54, 1.807) is 17.2 Å². The molecule has 3 nitrogen and oxygen atoms in total. The Labute approximate surface area is 54.4 Å². The van der Waals surface area contributed by atoms with Gasteiger partial charge >= 0.3 is 6.33 Å². The Morgan fingerprint density at radius 2 is 2.44 bits per heavy atom. The smallest absolute Gasteiger partial charge is 0.137 e. The Balaban J connectivity index is 2.88. The zero-order valence-electron chi connectivity index (χ0n) is 5.70. The van der Waals surface area contributed by atoms with E-state index in [-0.39, 0.29) is 0 Å². The van der Waals surface area contributed by atoms with E-state index in [0.29, 0.717) is 0 Å². The van der Waals surface area contributed by atoms with Crippen LogP contribution in [0.3, 0.4) is 0 Å². The van der Waals surface area contributed by atoms with Crippen LogP contribution in [0.25, 0.3) is 0 Å². The average molecular weight is 124 g/mol. The highest BCUT2D eigenvalue weighted by Gasteiger charge is 1.94. The van der Waals surface area contributed by atoms with Crippen LogP contribution >= 0.6 is 0 Å². The van der Waals surface area contributed by atoms with E-state index < -0.39 is 0 Å². The zero-order valence-corrected chi connectivity index (χ0v) is 5.70. The molecule has 0 aliphatic carbocycles. The van der Waals surface area contributed by atoms with Crippen molar-refractivity contribution in [1.82, 2.24) is 10.1 Å². The molecule has 1 aromatic rings. The Morgan fingerprint density at radius 3 is 2.89 bits per heavy atom. The number of hydrogen-bond acceptors (Lipinski definition) is 2. The van der Waals surface area contributed by atoms with Crippen LogP contribution < -0.4 is 4.68 Å². The van der Waals surface area contributed by atoms with E-state index in [2.05, 4.69) is 10.1 Å². The molecular weight excluding hydrogens is 114 g/mol. The third kappa shape index (κ3) is 1.45. The maximum Gasteiger partial charge on any atom is 0.306 e. The zero-order chi connectivity index (χ0) is 6.69. The summed E-state index contributed by atoms with van der Waals surface area (Å²) in [5.74, 6) is 0. The predicted molar refractivity (Wildman–Crippen MR) is 32.6 cm³/mol. The third-order valence-electron chi connectivity index (χ3n) is 1.11. The molecule has 1 aromatic heterocycles. The van der Waals surface area contributed by atoms with Crippen molar-refractivity contribution < 1.29 is 4.68 Å². The summed E-state index contributed by atoms with van der Waals surface area (Å²) in [4.78, 5) is 4.05. The highest BCUT2D eigenvalue weighted by Crippen LogP contribution is 1.78. The highest BCUT2D eigenvalue weighted by atomic mass is 15.3. The quantitative estimate of drug-likeness (QED) is 0.497. The molecule has 0 aromatic carbocycles. The third-order valence-corrected chi connectivity index (χ3v) is 1.11. The fraction of sp³-hybridized carbons (Fsp3) is 0.500. The van der Waals surface area contributed by atoms with Crippen LogP contribution in [0, 0.1) is 6.92 Å². The van der Waals surface area contributed by atoms with E-state index >= 15 is 0 Å². The van der Waals surface area contributed by atoms with Crippen LogP contribution in [0.15, 0.2) is 12.5 Å². The minimum absolute atomic E-state index is 0.882. The number of aryl methyl sites for hydroxylation is 2. The largest absolute Gasteiger partial charge is 0.306 e. The lowest BCUT2D eigenvalue weighted by Crippen LogP contribution is -2.36. The van der Waals surface area contributed by atoms with Gasteiger partial charge in [0.25, 0.3) is 0 Å². The molecule has 1 heterocycles. The summed E-state index contributed by atoms with van der Waals surface area (Å²) < 4.78 is 1.78. The molecule has 1 rings (SSSR count). The van der Waals surface area contributed by atoms with Gasteiger partial charge in [0.15, 0.2) is 5.69 Å². The van der Waals surface area contributed by atoms with Crippen molar-refractivity contribution >= 4 is 0 Å². The molecule has 0 atom stereocenters. The summed E-state index contributed by atoms with van der Waals surface area (Å²) in [7, 11) is 0. The van der Waals surface area contributed by atoms with Gasteiger partial charge in [-0.2, -0.15) is 0 Å². The van der Waals surface area contributed by atoms with Crippen LogP contribution in [-0.4, -0.2) is 10.1 Å². The molecule has 0 saturated carbocycles. The first kappa shape index (κ1) is 6.13. The van der Waals surface area contributed by atoms with Crippen LogP contribution in [-0.2, 0) is 6.54 Å². The maximum absolute atomic E-state index is 4.05. The summed E-state index contributed by atoms with van der Waals surface area (Å²) in [5, 5.41) is 4.05. The SMILES string of the molecule is CC[n+]1cnc(C)cn1. The van der Waals surface area contributed by atoms with Crippen LogP contribution in [0.5, 0.6) is 0 Å². The number of nitrogens with zero attached hydrogens (tertiary/aromatic N) is 3. The molecule has 0 N–H and O–H groups in total. The number of hydrogen-bond donors (Lipinski definition) is 0. The summed E-state index contributed by atoms with van der Waals surface area (Å²) in [6, 6.07) is 0. The number of aromatic nitrogens is 3. The molecule has 0 saturated heterocycles. The fourth-order valence-electron chi connectivity index (χ4n) is 0.542. The summed E-state index contributed by atoms with van der Waals surface area (Å²) in [6.07, 6.45) is 3.48. The lowest BCUT2D eigenvalue weighted by Gasteiger charge is -1.86. The van der Waals surface area contributed by atoms with Gasteiger partial charge in [-0.15, -0.1) is 4.68 Å². The second-order valence-corrected chi connectivity index (χ2v) is 1.89. The Kier molecular flexibility index (Phi) is 1.72. The molecule has 0 fully saturated rings. The molecule has 0 amide bonds. The average Bonchev–Trinajstić information content (AvgIpc) is 1.90. The van der Waals surface area contributed by atoms with E-state index in [0.717, 1.165) is 12.2 Å². The van der Waals surface area contributed by atoms with Crippen molar-refractivity contribution in [1.29, 1.82) is 0 Å².